The maximum atomic E-state index is 12.3. The van der Waals surface area contributed by atoms with E-state index in [4.69, 9.17) is 19.1 Å². The lowest BCUT2D eigenvalue weighted by Gasteiger charge is -2.20. The van der Waals surface area contributed by atoms with Crippen LogP contribution < -0.4 is 0 Å². The van der Waals surface area contributed by atoms with Crippen LogP contribution in [-0.4, -0.2) is 66.3 Å². The van der Waals surface area contributed by atoms with Crippen LogP contribution in [-0.2, 0) is 27.9 Å². The van der Waals surface area contributed by atoms with Gasteiger partial charge >= 0.3 is 13.8 Å². The highest BCUT2D eigenvalue weighted by Crippen LogP contribution is 2.43. The Morgan fingerprint density at radius 1 is 0.711 bits per heavy atom. The van der Waals surface area contributed by atoms with Gasteiger partial charge in [0.1, 0.15) is 12.2 Å². The zero-order valence-corrected chi connectivity index (χ0v) is 25.1. The number of phosphoric ester groups is 1. The molecule has 3 N–H and O–H groups in total. The first-order valence-corrected chi connectivity index (χ1v) is 16.5. The monoisotopic (exact) mass is 568 g/mol. The molecule has 228 valence electrons. The molecule has 0 aromatic carbocycles. The van der Waals surface area contributed by atoms with Crippen molar-refractivity contribution in [3.63, 3.8) is 0 Å². The van der Waals surface area contributed by atoms with Crippen molar-refractivity contribution in [2.24, 2.45) is 0 Å². The first-order valence-electron chi connectivity index (χ1n) is 15.0. The second kappa shape index (κ2) is 26.7. The molecule has 0 heterocycles. The molecule has 0 spiro atoms. The third-order valence-electron chi connectivity index (χ3n) is 6.29. The first kappa shape index (κ1) is 37.5. The molecule has 0 rings (SSSR count). The molecule has 0 aliphatic heterocycles. The first-order chi connectivity index (χ1) is 18.3. The summed E-state index contributed by atoms with van der Waals surface area (Å²) in [5.41, 5.74) is 0. The number of carbonyl (C=O) groups excluding carboxylic acids is 1. The zero-order valence-electron chi connectivity index (χ0n) is 24.2. The lowest BCUT2D eigenvalue weighted by molar-refractivity contribution is -0.154. The van der Waals surface area contributed by atoms with E-state index in [1.165, 1.54) is 77.0 Å². The van der Waals surface area contributed by atoms with Crippen LogP contribution in [0.2, 0.25) is 0 Å². The number of hydrogen-bond donors (Lipinski definition) is 3. The van der Waals surface area contributed by atoms with E-state index in [9.17, 15) is 19.4 Å². The predicted molar refractivity (Wildman–Crippen MR) is 150 cm³/mol. The van der Waals surface area contributed by atoms with Crippen molar-refractivity contribution < 1.29 is 43.0 Å². The molecule has 3 atom stereocenters. The van der Waals surface area contributed by atoms with Crippen molar-refractivity contribution in [2.45, 2.75) is 142 Å². The quantitative estimate of drug-likeness (QED) is 0.0528. The van der Waals surface area contributed by atoms with E-state index in [0.717, 1.165) is 32.1 Å². The number of phosphoric acid groups is 1. The van der Waals surface area contributed by atoms with Crippen molar-refractivity contribution in [2.75, 3.05) is 33.0 Å². The Labute approximate surface area is 231 Å². The highest BCUT2D eigenvalue weighted by Gasteiger charge is 2.26. The number of hydrogen-bond acceptors (Lipinski definition) is 8. The van der Waals surface area contributed by atoms with Gasteiger partial charge in [-0.25, -0.2) is 4.57 Å². The van der Waals surface area contributed by atoms with Gasteiger partial charge in [0.05, 0.1) is 26.4 Å². The SMILES string of the molecule is CCCCCCCCCCCCOCC(COP(=O)(O)OCC(O)CO)OC(=O)CCCCCCCCC. The maximum absolute atomic E-state index is 12.3. The molecule has 9 nitrogen and oxygen atoms in total. The topological polar surface area (TPSA) is 132 Å². The second-order valence-electron chi connectivity index (χ2n) is 10.1. The Hall–Kier alpha value is -0.540. The van der Waals surface area contributed by atoms with Gasteiger partial charge < -0.3 is 24.6 Å². The van der Waals surface area contributed by atoms with Gasteiger partial charge in [-0.05, 0) is 12.8 Å². The van der Waals surface area contributed by atoms with Gasteiger partial charge in [0.25, 0.3) is 0 Å². The minimum Gasteiger partial charge on any atom is -0.457 e. The van der Waals surface area contributed by atoms with Crippen LogP contribution in [0.15, 0.2) is 0 Å². The van der Waals surface area contributed by atoms with Gasteiger partial charge in [0, 0.05) is 13.0 Å². The highest BCUT2D eigenvalue weighted by molar-refractivity contribution is 7.47. The number of ether oxygens (including phenoxy) is 2. The summed E-state index contributed by atoms with van der Waals surface area (Å²) in [6.45, 7) is 3.44. The fraction of sp³-hybridized carbons (Fsp3) is 0.964. The molecule has 0 bridgehead atoms. The molecule has 38 heavy (non-hydrogen) atoms. The number of aliphatic hydroxyl groups is 2. The fourth-order valence-corrected chi connectivity index (χ4v) is 4.73. The molecule has 0 saturated heterocycles. The highest BCUT2D eigenvalue weighted by atomic mass is 31.2. The number of rotatable bonds is 29. The van der Waals surface area contributed by atoms with Crippen LogP contribution in [0.3, 0.4) is 0 Å². The van der Waals surface area contributed by atoms with E-state index >= 15 is 0 Å². The molecular weight excluding hydrogens is 511 g/mol. The Balaban J connectivity index is 4.31. The Morgan fingerprint density at radius 3 is 1.71 bits per heavy atom. The summed E-state index contributed by atoms with van der Waals surface area (Å²) >= 11 is 0. The van der Waals surface area contributed by atoms with Crippen LogP contribution >= 0.6 is 7.82 Å². The smallest absolute Gasteiger partial charge is 0.457 e. The van der Waals surface area contributed by atoms with Crippen molar-refractivity contribution in [1.29, 1.82) is 0 Å². The summed E-state index contributed by atoms with van der Waals surface area (Å²) in [6.07, 6.45) is 18.0. The third kappa shape index (κ3) is 25.7. The van der Waals surface area contributed by atoms with Crippen molar-refractivity contribution >= 4 is 13.8 Å². The molecule has 0 amide bonds. The van der Waals surface area contributed by atoms with E-state index in [1.807, 2.05) is 0 Å². The van der Waals surface area contributed by atoms with Crippen LogP contribution in [0.1, 0.15) is 129 Å². The second-order valence-corrected chi connectivity index (χ2v) is 11.6. The van der Waals surface area contributed by atoms with E-state index in [2.05, 4.69) is 18.4 Å². The van der Waals surface area contributed by atoms with Crippen molar-refractivity contribution in [3.8, 4) is 0 Å². The van der Waals surface area contributed by atoms with Gasteiger partial charge in [0.2, 0.25) is 0 Å². The summed E-state index contributed by atoms with van der Waals surface area (Å²) in [7, 11) is -4.48. The van der Waals surface area contributed by atoms with Gasteiger partial charge in [0.15, 0.2) is 0 Å². The van der Waals surface area contributed by atoms with Crippen molar-refractivity contribution in [3.05, 3.63) is 0 Å². The predicted octanol–water partition coefficient (Wildman–Crippen LogP) is 6.46. The van der Waals surface area contributed by atoms with Crippen LogP contribution in [0.5, 0.6) is 0 Å². The molecule has 0 aliphatic rings. The van der Waals surface area contributed by atoms with E-state index in [-0.39, 0.29) is 25.6 Å². The maximum Gasteiger partial charge on any atom is 0.472 e. The average Bonchev–Trinajstić information content (AvgIpc) is 2.90. The number of carbonyl (C=O) groups is 1. The summed E-state index contributed by atoms with van der Waals surface area (Å²) in [5.74, 6) is -0.390. The summed E-state index contributed by atoms with van der Waals surface area (Å²) in [4.78, 5) is 22.1. The van der Waals surface area contributed by atoms with Gasteiger partial charge in [-0.2, -0.15) is 0 Å². The molecule has 0 aromatic rings. The standard InChI is InChI=1S/C28H57O9P/c1-3-5-7-9-11-12-13-15-17-19-21-34-24-27(25-36-38(32,33)35-23-26(30)22-29)37-28(31)20-18-16-14-10-8-6-4-2/h26-27,29-30H,3-25H2,1-2H3,(H,32,33). The lowest BCUT2D eigenvalue weighted by atomic mass is 10.1. The minimum absolute atomic E-state index is 0.0550. The number of esters is 1. The molecule has 0 radical (unpaired) electrons. The normalized spacial score (nSPS) is 14.8. The Morgan fingerprint density at radius 2 is 1.18 bits per heavy atom. The van der Waals surface area contributed by atoms with E-state index in [0.29, 0.717) is 6.61 Å². The number of unbranched alkanes of at least 4 members (excludes halogenated alkanes) is 15. The fourth-order valence-electron chi connectivity index (χ4n) is 3.94. The van der Waals surface area contributed by atoms with Gasteiger partial charge in [-0.1, -0.05) is 110 Å². The number of aliphatic hydroxyl groups excluding tert-OH is 2. The average molecular weight is 569 g/mol. The molecule has 0 aromatic heterocycles. The van der Waals surface area contributed by atoms with Crippen LogP contribution in [0.4, 0.5) is 0 Å². The minimum atomic E-state index is -4.48. The molecular formula is C28H57O9P. The lowest BCUT2D eigenvalue weighted by Crippen LogP contribution is -2.29. The summed E-state index contributed by atoms with van der Waals surface area (Å²) < 4.78 is 32.9. The van der Waals surface area contributed by atoms with Gasteiger partial charge in [-0.3, -0.25) is 13.8 Å². The molecule has 0 saturated carbocycles. The zero-order chi connectivity index (χ0) is 28.3. The Bertz CT molecular complexity index is 577. The summed E-state index contributed by atoms with van der Waals surface area (Å²) in [5, 5.41) is 18.1. The largest absolute Gasteiger partial charge is 0.472 e. The van der Waals surface area contributed by atoms with Crippen molar-refractivity contribution in [1.82, 2.24) is 0 Å². The Kier molecular flexibility index (Phi) is 26.3. The third-order valence-corrected chi connectivity index (χ3v) is 7.24. The van der Waals surface area contributed by atoms with Crippen LogP contribution in [0.25, 0.3) is 0 Å². The summed E-state index contributed by atoms with van der Waals surface area (Å²) in [6, 6.07) is 0. The molecule has 0 aliphatic carbocycles. The molecule has 3 unspecified atom stereocenters. The van der Waals surface area contributed by atoms with Crippen LogP contribution in [0, 0.1) is 0 Å². The molecule has 0 fully saturated rings. The van der Waals surface area contributed by atoms with E-state index < -0.39 is 33.2 Å². The van der Waals surface area contributed by atoms with Gasteiger partial charge in [-0.15, -0.1) is 0 Å². The van der Waals surface area contributed by atoms with E-state index in [1.54, 1.807) is 0 Å². The molecule has 10 heteroatoms.